The first-order valence-corrected chi connectivity index (χ1v) is 12.8. The number of aromatic nitrogens is 1. The Hall–Kier alpha value is -3.97. The molecule has 2 heterocycles. The summed E-state index contributed by atoms with van der Waals surface area (Å²) in [4.78, 5) is 32.9. The van der Waals surface area contributed by atoms with E-state index in [0.717, 1.165) is 28.6 Å². The lowest BCUT2D eigenvalue weighted by atomic mass is 9.95. The maximum atomic E-state index is 13.4. The average molecular weight is 499 g/mol. The Morgan fingerprint density at radius 3 is 2.64 bits per heavy atom. The van der Waals surface area contributed by atoms with Crippen LogP contribution in [0.5, 0.6) is 5.75 Å². The number of unbranched alkanes of at least 4 members (excludes halogenated alkanes) is 1. The largest absolute Gasteiger partial charge is 0.507 e. The van der Waals surface area contributed by atoms with Gasteiger partial charge in [-0.3, -0.25) is 14.5 Å². The molecule has 182 valence electrons. The third-order valence-electron chi connectivity index (χ3n) is 6.17. The predicted molar refractivity (Wildman–Crippen MR) is 142 cm³/mol. The lowest BCUT2D eigenvalue weighted by Crippen LogP contribution is -2.29. The number of fused-ring (bicyclic) bond motifs is 1. The number of aliphatic hydroxyl groups excluding tert-OH is 1. The number of carbonyl (C=O) groups is 2. The number of anilines is 1. The van der Waals surface area contributed by atoms with Crippen molar-refractivity contribution >= 4 is 44.1 Å². The molecule has 1 amide bonds. The molecule has 0 radical (unpaired) electrons. The molecule has 3 aromatic carbocycles. The third-order valence-corrected chi connectivity index (χ3v) is 7.19. The molecule has 6 nitrogen and oxygen atoms in total. The molecule has 0 saturated carbocycles. The highest BCUT2D eigenvalue weighted by atomic mass is 32.1. The SMILES string of the molecule is CCCCOc1cccc(C2/C(=C(\O)c3ccccc3)C(=O)C(=O)N2c2nc3ccc(C)cc3s2)c1. The molecule has 0 bridgehead atoms. The van der Waals surface area contributed by atoms with E-state index in [-0.39, 0.29) is 11.3 Å². The number of amides is 1. The number of thiazole rings is 1. The molecular formula is C29H26N2O4S. The molecule has 1 saturated heterocycles. The summed E-state index contributed by atoms with van der Waals surface area (Å²) in [5.74, 6) is -1.03. The Bertz CT molecular complexity index is 1480. The highest BCUT2D eigenvalue weighted by Gasteiger charge is 2.48. The second-order valence-corrected chi connectivity index (χ2v) is 9.79. The number of hydrogen-bond acceptors (Lipinski definition) is 6. The second-order valence-electron chi connectivity index (χ2n) is 8.78. The van der Waals surface area contributed by atoms with E-state index < -0.39 is 17.7 Å². The first-order chi connectivity index (χ1) is 17.5. The number of ketones is 1. The van der Waals surface area contributed by atoms with Gasteiger partial charge in [0.05, 0.1) is 28.4 Å². The fraction of sp³-hybridized carbons (Fsp3) is 0.207. The number of hydrogen-bond donors (Lipinski definition) is 1. The summed E-state index contributed by atoms with van der Waals surface area (Å²) in [7, 11) is 0. The number of nitrogens with zero attached hydrogens (tertiary/aromatic N) is 2. The van der Waals surface area contributed by atoms with Crippen LogP contribution in [0, 0.1) is 6.92 Å². The zero-order valence-corrected chi connectivity index (χ0v) is 20.9. The molecule has 0 spiro atoms. The van der Waals surface area contributed by atoms with Gasteiger partial charge in [0.15, 0.2) is 5.13 Å². The van der Waals surface area contributed by atoms with Gasteiger partial charge in [0.2, 0.25) is 0 Å². The van der Waals surface area contributed by atoms with Crippen molar-refractivity contribution in [1.82, 2.24) is 4.98 Å². The van der Waals surface area contributed by atoms with Crippen LogP contribution in [0.1, 0.15) is 42.5 Å². The molecule has 36 heavy (non-hydrogen) atoms. The topological polar surface area (TPSA) is 79.7 Å². The molecule has 5 rings (SSSR count). The summed E-state index contributed by atoms with van der Waals surface area (Å²) in [5, 5.41) is 11.7. The van der Waals surface area contributed by atoms with E-state index in [4.69, 9.17) is 4.74 Å². The van der Waals surface area contributed by atoms with Gasteiger partial charge in [-0.1, -0.05) is 73.2 Å². The van der Waals surface area contributed by atoms with Crippen molar-refractivity contribution in [1.29, 1.82) is 0 Å². The van der Waals surface area contributed by atoms with E-state index >= 15 is 0 Å². The fourth-order valence-electron chi connectivity index (χ4n) is 4.33. The quantitative estimate of drug-likeness (QED) is 0.138. The molecule has 1 fully saturated rings. The van der Waals surface area contributed by atoms with Crippen LogP contribution in [0.3, 0.4) is 0 Å². The number of carbonyl (C=O) groups excluding carboxylic acids is 2. The number of rotatable bonds is 7. The molecule has 7 heteroatoms. The van der Waals surface area contributed by atoms with Gasteiger partial charge in [-0.15, -0.1) is 0 Å². The van der Waals surface area contributed by atoms with Gasteiger partial charge in [0, 0.05) is 5.56 Å². The van der Waals surface area contributed by atoms with Gasteiger partial charge in [0.1, 0.15) is 11.5 Å². The first-order valence-electron chi connectivity index (χ1n) is 11.9. The Balaban J connectivity index is 1.67. The minimum Gasteiger partial charge on any atom is -0.507 e. The first kappa shape index (κ1) is 23.8. The maximum absolute atomic E-state index is 13.4. The number of Topliss-reactive ketones (excluding diaryl/α,β-unsaturated/α-hetero) is 1. The summed E-state index contributed by atoms with van der Waals surface area (Å²) in [6.07, 6.45) is 1.93. The van der Waals surface area contributed by atoms with Crippen molar-refractivity contribution < 1.29 is 19.4 Å². The maximum Gasteiger partial charge on any atom is 0.301 e. The van der Waals surface area contributed by atoms with Crippen LogP contribution in [0.25, 0.3) is 16.0 Å². The zero-order valence-electron chi connectivity index (χ0n) is 20.1. The molecule has 1 unspecified atom stereocenters. The highest BCUT2D eigenvalue weighted by molar-refractivity contribution is 7.22. The summed E-state index contributed by atoms with van der Waals surface area (Å²) in [5.41, 5.74) is 3.00. The van der Waals surface area contributed by atoms with Crippen LogP contribution in [-0.2, 0) is 9.59 Å². The van der Waals surface area contributed by atoms with E-state index in [2.05, 4.69) is 11.9 Å². The number of aryl methyl sites for hydroxylation is 1. The molecule has 1 aliphatic heterocycles. The summed E-state index contributed by atoms with van der Waals surface area (Å²) >= 11 is 1.35. The molecule has 4 aromatic rings. The van der Waals surface area contributed by atoms with Gasteiger partial charge in [0.25, 0.3) is 5.78 Å². The van der Waals surface area contributed by atoms with Gasteiger partial charge in [-0.05, 0) is 48.7 Å². The van der Waals surface area contributed by atoms with Crippen molar-refractivity contribution in [2.75, 3.05) is 11.5 Å². The summed E-state index contributed by atoms with van der Waals surface area (Å²) in [6.45, 7) is 4.66. The third kappa shape index (κ3) is 4.38. The van der Waals surface area contributed by atoms with Crippen molar-refractivity contribution in [2.24, 2.45) is 0 Å². The Labute approximate surface area is 213 Å². The standard InChI is InChI=1S/C29H26N2O4S/c1-3-4-15-35-21-12-8-11-20(17-21)25-24(26(32)19-9-6-5-7-10-19)27(33)28(34)31(25)29-30-22-14-13-18(2)16-23(22)36-29/h5-14,16-17,25,32H,3-4,15H2,1-2H3/b26-24+. The molecule has 0 aliphatic carbocycles. The minimum absolute atomic E-state index is 0.0346. The van der Waals surface area contributed by atoms with Gasteiger partial charge < -0.3 is 9.84 Å². The van der Waals surface area contributed by atoms with Crippen LogP contribution in [0.4, 0.5) is 5.13 Å². The molecular weight excluding hydrogens is 472 g/mol. The van der Waals surface area contributed by atoms with Gasteiger partial charge in [-0.2, -0.15) is 0 Å². The summed E-state index contributed by atoms with van der Waals surface area (Å²) < 4.78 is 6.82. The van der Waals surface area contributed by atoms with E-state index in [1.54, 1.807) is 24.3 Å². The Morgan fingerprint density at radius 1 is 1.06 bits per heavy atom. The average Bonchev–Trinajstić information content (AvgIpc) is 3.42. The van der Waals surface area contributed by atoms with Crippen molar-refractivity contribution in [3.63, 3.8) is 0 Å². The normalized spacial score (nSPS) is 17.2. The highest BCUT2D eigenvalue weighted by Crippen LogP contribution is 2.44. The van der Waals surface area contributed by atoms with Crippen LogP contribution >= 0.6 is 11.3 Å². The predicted octanol–water partition coefficient (Wildman–Crippen LogP) is 6.41. The van der Waals surface area contributed by atoms with Crippen LogP contribution in [-0.4, -0.2) is 28.4 Å². The van der Waals surface area contributed by atoms with Gasteiger partial charge in [-0.25, -0.2) is 4.98 Å². The second kappa shape index (κ2) is 9.95. The van der Waals surface area contributed by atoms with E-state index in [1.807, 2.05) is 55.5 Å². The zero-order chi connectivity index (χ0) is 25.2. The number of benzene rings is 3. The minimum atomic E-state index is -0.846. The van der Waals surface area contributed by atoms with Gasteiger partial charge >= 0.3 is 5.91 Å². The Morgan fingerprint density at radius 2 is 1.86 bits per heavy atom. The van der Waals surface area contributed by atoms with E-state index in [1.165, 1.54) is 16.2 Å². The lowest BCUT2D eigenvalue weighted by Gasteiger charge is -2.23. The van der Waals surface area contributed by atoms with Crippen molar-refractivity contribution in [3.8, 4) is 5.75 Å². The van der Waals surface area contributed by atoms with Crippen molar-refractivity contribution in [2.45, 2.75) is 32.7 Å². The van der Waals surface area contributed by atoms with Crippen LogP contribution < -0.4 is 9.64 Å². The van der Waals surface area contributed by atoms with E-state index in [0.29, 0.717) is 28.6 Å². The number of aliphatic hydroxyl groups is 1. The van der Waals surface area contributed by atoms with Crippen LogP contribution in [0.15, 0.2) is 78.4 Å². The van der Waals surface area contributed by atoms with Crippen LogP contribution in [0.2, 0.25) is 0 Å². The Kier molecular flexibility index (Phi) is 6.57. The van der Waals surface area contributed by atoms with E-state index in [9.17, 15) is 14.7 Å². The molecule has 1 atom stereocenters. The fourth-order valence-corrected chi connectivity index (χ4v) is 5.42. The lowest BCUT2D eigenvalue weighted by molar-refractivity contribution is -0.132. The monoisotopic (exact) mass is 498 g/mol. The molecule has 1 aliphatic rings. The smallest absolute Gasteiger partial charge is 0.301 e. The van der Waals surface area contributed by atoms with Crippen molar-refractivity contribution in [3.05, 3.63) is 95.1 Å². The molecule has 1 aromatic heterocycles. The number of ether oxygens (including phenoxy) is 1. The molecule has 1 N–H and O–H groups in total. The summed E-state index contributed by atoms with van der Waals surface area (Å²) in [6, 6.07) is 21.2.